The zero-order valence-electron chi connectivity index (χ0n) is 9.12. The second-order valence-corrected chi connectivity index (χ2v) is 4.90. The topological polar surface area (TPSA) is 0 Å². The largest absolute Gasteiger partial charge is 0.0744 e. The summed E-state index contributed by atoms with van der Waals surface area (Å²) in [6, 6.07) is 8.60. The molecule has 0 aliphatic heterocycles. The van der Waals surface area contributed by atoms with Crippen LogP contribution in [0.2, 0.25) is 0 Å². The average Bonchev–Trinajstić information content (AvgIpc) is 2.55. The third kappa shape index (κ3) is 1.29. The summed E-state index contributed by atoms with van der Waals surface area (Å²) < 4.78 is 0. The molecular formula is C15H14. The maximum atomic E-state index is 2.37. The van der Waals surface area contributed by atoms with E-state index in [9.17, 15) is 0 Å². The molecule has 0 fully saturated rings. The molecule has 0 spiro atoms. The van der Waals surface area contributed by atoms with Gasteiger partial charge in [-0.3, -0.25) is 0 Å². The van der Waals surface area contributed by atoms with E-state index in [1.807, 2.05) is 0 Å². The number of rotatable bonds is 0. The number of fused-ring (bicyclic) bond motifs is 3. The highest BCUT2D eigenvalue weighted by atomic mass is 14.3. The van der Waals surface area contributed by atoms with Crippen molar-refractivity contribution in [3.8, 4) is 0 Å². The van der Waals surface area contributed by atoms with Crippen molar-refractivity contribution in [2.45, 2.75) is 13.8 Å². The monoisotopic (exact) mass is 194 g/mol. The van der Waals surface area contributed by atoms with Crippen LogP contribution in [0.5, 0.6) is 0 Å². The third-order valence-corrected chi connectivity index (χ3v) is 3.08. The van der Waals surface area contributed by atoms with E-state index < -0.39 is 0 Å². The molecule has 0 atom stereocenters. The third-order valence-electron chi connectivity index (χ3n) is 3.08. The molecule has 0 unspecified atom stereocenters. The molecule has 0 aromatic heterocycles. The molecule has 0 bridgehead atoms. The first-order valence-electron chi connectivity index (χ1n) is 5.39. The summed E-state index contributed by atoms with van der Waals surface area (Å²) in [7, 11) is 0. The Bertz CT molecular complexity index is 511. The molecule has 2 aliphatic rings. The maximum absolute atomic E-state index is 2.37. The lowest BCUT2D eigenvalue weighted by atomic mass is 9.83. The minimum atomic E-state index is 0.185. The van der Waals surface area contributed by atoms with Crippen LogP contribution in [-0.4, -0.2) is 0 Å². The first-order valence-corrected chi connectivity index (χ1v) is 5.39. The van der Waals surface area contributed by atoms with Gasteiger partial charge in [0.25, 0.3) is 0 Å². The van der Waals surface area contributed by atoms with Crippen molar-refractivity contribution in [1.82, 2.24) is 0 Å². The fraction of sp³-hybridized carbons (Fsp3) is 0.200. The van der Waals surface area contributed by atoms with Gasteiger partial charge in [-0.05, 0) is 28.3 Å². The van der Waals surface area contributed by atoms with Crippen LogP contribution in [0.3, 0.4) is 0 Å². The van der Waals surface area contributed by atoms with Gasteiger partial charge in [0.1, 0.15) is 0 Å². The van der Waals surface area contributed by atoms with E-state index >= 15 is 0 Å². The van der Waals surface area contributed by atoms with Gasteiger partial charge in [0.05, 0.1) is 0 Å². The Morgan fingerprint density at radius 2 is 1.87 bits per heavy atom. The van der Waals surface area contributed by atoms with Crippen molar-refractivity contribution in [2.24, 2.45) is 5.41 Å². The van der Waals surface area contributed by atoms with Gasteiger partial charge in [0, 0.05) is 5.41 Å². The van der Waals surface area contributed by atoms with Crippen molar-refractivity contribution in [3.63, 3.8) is 0 Å². The molecule has 0 nitrogen and oxygen atoms in total. The fourth-order valence-corrected chi connectivity index (χ4v) is 2.29. The molecule has 0 heteroatoms. The highest BCUT2D eigenvalue weighted by Gasteiger charge is 2.23. The Hall–Kier alpha value is -1.56. The van der Waals surface area contributed by atoms with Crippen LogP contribution in [0.4, 0.5) is 0 Å². The Kier molecular flexibility index (Phi) is 1.59. The summed E-state index contributed by atoms with van der Waals surface area (Å²) in [6.45, 7) is 4.49. The molecule has 0 radical (unpaired) electrons. The van der Waals surface area contributed by atoms with Gasteiger partial charge in [-0.2, -0.15) is 0 Å². The van der Waals surface area contributed by atoms with Gasteiger partial charge in [-0.15, -0.1) is 0 Å². The predicted molar refractivity (Wildman–Crippen MR) is 65.3 cm³/mol. The Balaban J connectivity index is 2.22. The molecule has 0 saturated carbocycles. The number of allylic oxidation sites excluding steroid dienone is 5. The lowest BCUT2D eigenvalue weighted by Crippen LogP contribution is -2.07. The van der Waals surface area contributed by atoms with E-state index in [1.165, 1.54) is 22.3 Å². The van der Waals surface area contributed by atoms with Gasteiger partial charge in [-0.25, -0.2) is 0 Å². The van der Waals surface area contributed by atoms with Gasteiger partial charge in [-0.1, -0.05) is 56.3 Å². The van der Waals surface area contributed by atoms with E-state index in [2.05, 4.69) is 62.4 Å². The molecule has 2 aliphatic carbocycles. The van der Waals surface area contributed by atoms with Crippen LogP contribution in [-0.2, 0) is 0 Å². The highest BCUT2D eigenvalue weighted by molar-refractivity contribution is 5.97. The van der Waals surface area contributed by atoms with Gasteiger partial charge >= 0.3 is 0 Å². The van der Waals surface area contributed by atoms with Crippen LogP contribution >= 0.6 is 0 Å². The quantitative estimate of drug-likeness (QED) is 0.584. The molecule has 1 aromatic rings. The average molecular weight is 194 g/mol. The Labute approximate surface area is 90.6 Å². The molecule has 1 aromatic carbocycles. The summed E-state index contributed by atoms with van der Waals surface area (Å²) in [4.78, 5) is 0. The maximum Gasteiger partial charge on any atom is 0.00172 e. The van der Waals surface area contributed by atoms with E-state index in [-0.39, 0.29) is 5.41 Å². The lowest BCUT2D eigenvalue weighted by Gasteiger charge is -2.22. The minimum absolute atomic E-state index is 0.185. The van der Waals surface area contributed by atoms with E-state index in [0.29, 0.717) is 0 Å². The number of hydrogen-bond donors (Lipinski definition) is 0. The second-order valence-electron chi connectivity index (χ2n) is 4.90. The zero-order valence-corrected chi connectivity index (χ0v) is 9.12. The molecule has 3 rings (SSSR count). The van der Waals surface area contributed by atoms with Crippen molar-refractivity contribution in [3.05, 3.63) is 59.2 Å². The van der Waals surface area contributed by atoms with Crippen LogP contribution in [0.1, 0.15) is 25.0 Å². The minimum Gasteiger partial charge on any atom is -0.0744 e. The molecule has 74 valence electrons. The van der Waals surface area contributed by atoms with Gasteiger partial charge in [0.15, 0.2) is 0 Å². The molecular weight excluding hydrogens is 180 g/mol. The van der Waals surface area contributed by atoms with Crippen molar-refractivity contribution >= 4 is 11.6 Å². The normalized spacial score (nSPS) is 20.4. The van der Waals surface area contributed by atoms with Gasteiger partial charge in [0.2, 0.25) is 0 Å². The molecule has 0 heterocycles. The molecule has 0 N–H and O–H groups in total. The molecule has 0 amide bonds. The SMILES string of the molecule is CC1(C)C=CC2=Cc3ccccc3C2=C1. The Morgan fingerprint density at radius 3 is 2.73 bits per heavy atom. The fourth-order valence-electron chi connectivity index (χ4n) is 2.29. The highest BCUT2D eigenvalue weighted by Crippen LogP contribution is 2.42. The summed E-state index contributed by atoms with van der Waals surface area (Å²) in [5.74, 6) is 0. The lowest BCUT2D eigenvalue weighted by molar-refractivity contribution is 0.624. The number of hydrogen-bond acceptors (Lipinski definition) is 0. The Morgan fingerprint density at radius 1 is 1.07 bits per heavy atom. The van der Waals surface area contributed by atoms with Crippen LogP contribution in [0.25, 0.3) is 11.6 Å². The van der Waals surface area contributed by atoms with Crippen molar-refractivity contribution < 1.29 is 0 Å². The first-order chi connectivity index (χ1) is 7.16. The summed E-state index contributed by atoms with van der Waals surface area (Å²) in [6.07, 6.45) is 9.15. The van der Waals surface area contributed by atoms with Crippen molar-refractivity contribution in [1.29, 1.82) is 0 Å². The van der Waals surface area contributed by atoms with Crippen LogP contribution in [0.15, 0.2) is 48.1 Å². The van der Waals surface area contributed by atoms with Gasteiger partial charge < -0.3 is 0 Å². The predicted octanol–water partition coefficient (Wildman–Crippen LogP) is 4.06. The van der Waals surface area contributed by atoms with E-state index in [1.54, 1.807) is 0 Å². The summed E-state index contributed by atoms with van der Waals surface area (Å²) in [5, 5.41) is 0. The first kappa shape index (κ1) is 8.72. The van der Waals surface area contributed by atoms with Crippen molar-refractivity contribution in [2.75, 3.05) is 0 Å². The zero-order chi connectivity index (χ0) is 10.5. The van der Waals surface area contributed by atoms with Crippen LogP contribution < -0.4 is 0 Å². The smallest absolute Gasteiger partial charge is 0.00172 e. The van der Waals surface area contributed by atoms with Crippen LogP contribution in [0, 0.1) is 5.41 Å². The molecule has 15 heavy (non-hydrogen) atoms. The summed E-state index contributed by atoms with van der Waals surface area (Å²) >= 11 is 0. The molecule has 0 saturated heterocycles. The van der Waals surface area contributed by atoms with E-state index in [0.717, 1.165) is 0 Å². The number of benzene rings is 1. The summed E-state index contributed by atoms with van der Waals surface area (Å²) in [5.41, 5.74) is 5.67. The standard InChI is InChI=1S/C15H14/c1-15(2)8-7-12-9-11-5-3-4-6-13(11)14(12)10-15/h3-10H,1-2H3. The second kappa shape index (κ2) is 2.73. The van der Waals surface area contributed by atoms with E-state index in [4.69, 9.17) is 0 Å².